The fourth-order valence-corrected chi connectivity index (χ4v) is 4.15. The Labute approximate surface area is 160 Å². The molecule has 3 rings (SSSR count). The highest BCUT2D eigenvalue weighted by atomic mass is 16.5. The van der Waals surface area contributed by atoms with Gasteiger partial charge in [-0.2, -0.15) is 0 Å². The molecule has 1 N–H and O–H groups in total. The zero-order valence-corrected chi connectivity index (χ0v) is 16.6. The van der Waals surface area contributed by atoms with Crippen molar-refractivity contribution in [1.82, 2.24) is 5.32 Å². The number of fused-ring (bicyclic) bond motifs is 1. The summed E-state index contributed by atoms with van der Waals surface area (Å²) in [4.78, 5) is 24.3. The maximum absolute atomic E-state index is 12.7. The summed E-state index contributed by atoms with van der Waals surface area (Å²) in [6.07, 6.45) is 1.43. The van der Waals surface area contributed by atoms with E-state index < -0.39 is 0 Å². The van der Waals surface area contributed by atoms with Gasteiger partial charge in [-0.3, -0.25) is 0 Å². The third-order valence-electron chi connectivity index (χ3n) is 4.92. The lowest BCUT2D eigenvalue weighted by molar-refractivity contribution is -0.00638. The van der Waals surface area contributed by atoms with Crippen molar-refractivity contribution in [3.8, 4) is 0 Å². The van der Waals surface area contributed by atoms with Crippen LogP contribution in [0.3, 0.4) is 0 Å². The van der Waals surface area contributed by atoms with E-state index in [-0.39, 0.29) is 29.1 Å². The Kier molecular flexibility index (Phi) is 5.00. The number of esters is 2. The molecule has 0 saturated carbocycles. The highest BCUT2D eigenvalue weighted by Gasteiger charge is 2.39. The maximum atomic E-state index is 12.7. The van der Waals surface area contributed by atoms with Crippen LogP contribution < -0.4 is 5.32 Å². The van der Waals surface area contributed by atoms with E-state index in [0.717, 1.165) is 23.6 Å². The molecule has 0 spiro atoms. The summed E-state index contributed by atoms with van der Waals surface area (Å²) in [5, 5.41) is 5.34. The number of nitrogens with one attached hydrogen (secondary N) is 1. The van der Waals surface area contributed by atoms with Crippen molar-refractivity contribution in [3.63, 3.8) is 0 Å². The lowest BCUT2D eigenvalue weighted by Gasteiger charge is -2.45. The summed E-state index contributed by atoms with van der Waals surface area (Å²) in [6, 6.07) is 10.6. The Hall–Kier alpha value is -2.40. The molecule has 5 nitrogen and oxygen atoms in total. The van der Waals surface area contributed by atoms with Gasteiger partial charge in [-0.05, 0) is 62.7 Å². The van der Waals surface area contributed by atoms with E-state index in [4.69, 9.17) is 9.47 Å². The number of rotatable bonds is 3. The molecule has 0 unspecified atom stereocenters. The van der Waals surface area contributed by atoms with Gasteiger partial charge in [-0.1, -0.05) is 12.1 Å². The summed E-state index contributed by atoms with van der Waals surface area (Å²) < 4.78 is 10.6. The fraction of sp³-hybridized carbons (Fsp3) is 0.455. The van der Waals surface area contributed by atoms with Gasteiger partial charge in [0.25, 0.3) is 0 Å². The molecule has 144 valence electrons. The number of piperidine rings is 1. The molecular formula is C22H27NO4. The molecule has 0 atom stereocenters. The van der Waals surface area contributed by atoms with Crippen LogP contribution in [0.4, 0.5) is 0 Å². The van der Waals surface area contributed by atoms with Crippen molar-refractivity contribution in [1.29, 1.82) is 0 Å². The Bertz CT molecular complexity index is 869. The highest BCUT2D eigenvalue weighted by molar-refractivity contribution is 5.99. The van der Waals surface area contributed by atoms with E-state index >= 15 is 0 Å². The topological polar surface area (TPSA) is 64.6 Å². The number of carbonyl (C=O) groups is 2. The van der Waals surface area contributed by atoms with Crippen LogP contribution in [0.15, 0.2) is 36.4 Å². The largest absolute Gasteiger partial charge is 0.465 e. The Balaban J connectivity index is 1.78. The monoisotopic (exact) mass is 369 g/mol. The van der Waals surface area contributed by atoms with Crippen LogP contribution in [0, 0.1) is 0 Å². The molecule has 2 aromatic rings. The second-order valence-electron chi connectivity index (χ2n) is 8.60. The van der Waals surface area contributed by atoms with Crippen molar-refractivity contribution in [3.05, 3.63) is 47.5 Å². The number of hydrogen-bond donors (Lipinski definition) is 1. The molecular weight excluding hydrogens is 342 g/mol. The zero-order chi connectivity index (χ0) is 19.8. The van der Waals surface area contributed by atoms with E-state index in [2.05, 4.69) is 33.0 Å². The van der Waals surface area contributed by atoms with Crippen molar-refractivity contribution in [2.24, 2.45) is 0 Å². The van der Waals surface area contributed by atoms with Gasteiger partial charge >= 0.3 is 11.9 Å². The molecule has 5 heteroatoms. The van der Waals surface area contributed by atoms with Gasteiger partial charge < -0.3 is 14.8 Å². The molecule has 0 amide bonds. The molecule has 1 heterocycles. The molecule has 0 aliphatic carbocycles. The summed E-state index contributed by atoms with van der Waals surface area (Å²) in [5.74, 6) is -0.691. The maximum Gasteiger partial charge on any atom is 0.338 e. The van der Waals surface area contributed by atoms with E-state index in [1.165, 1.54) is 7.11 Å². The molecule has 27 heavy (non-hydrogen) atoms. The highest BCUT2D eigenvalue weighted by Crippen LogP contribution is 2.31. The molecule has 0 bridgehead atoms. The first-order valence-corrected chi connectivity index (χ1v) is 9.21. The summed E-state index contributed by atoms with van der Waals surface area (Å²) in [7, 11) is 1.36. The van der Waals surface area contributed by atoms with Crippen LogP contribution in [0.2, 0.25) is 0 Å². The van der Waals surface area contributed by atoms with Gasteiger partial charge in [0.05, 0.1) is 18.2 Å². The molecule has 2 aromatic carbocycles. The van der Waals surface area contributed by atoms with E-state index in [1.54, 1.807) is 24.3 Å². The van der Waals surface area contributed by atoms with E-state index in [0.29, 0.717) is 11.1 Å². The van der Waals surface area contributed by atoms with Gasteiger partial charge in [-0.15, -0.1) is 0 Å². The quantitative estimate of drug-likeness (QED) is 0.826. The average Bonchev–Trinajstić information content (AvgIpc) is 2.57. The minimum Gasteiger partial charge on any atom is -0.465 e. The predicted octanol–water partition coefficient (Wildman–Crippen LogP) is 4.09. The Morgan fingerprint density at radius 2 is 1.37 bits per heavy atom. The second kappa shape index (κ2) is 6.97. The Morgan fingerprint density at radius 1 is 0.889 bits per heavy atom. The van der Waals surface area contributed by atoms with Gasteiger partial charge in [0.15, 0.2) is 0 Å². The van der Waals surface area contributed by atoms with E-state index in [1.807, 2.05) is 12.1 Å². The van der Waals surface area contributed by atoms with Gasteiger partial charge in [0, 0.05) is 23.9 Å². The molecule has 1 aliphatic heterocycles. The van der Waals surface area contributed by atoms with Crippen molar-refractivity contribution >= 4 is 22.7 Å². The smallest absolute Gasteiger partial charge is 0.338 e. The summed E-state index contributed by atoms with van der Waals surface area (Å²) in [6.45, 7) is 8.51. The molecule has 0 radical (unpaired) electrons. The normalized spacial score (nSPS) is 18.9. The molecule has 1 saturated heterocycles. The lowest BCUT2D eigenvalue weighted by atomic mass is 9.81. The van der Waals surface area contributed by atoms with Crippen molar-refractivity contribution in [2.45, 2.75) is 57.7 Å². The number of carbonyl (C=O) groups excluding carboxylic acids is 2. The van der Waals surface area contributed by atoms with Crippen LogP contribution >= 0.6 is 0 Å². The SMILES string of the molecule is COC(=O)c1ccc2cc(C(=O)OC3CC(C)(C)NC(C)(C)C3)ccc2c1. The lowest BCUT2D eigenvalue weighted by Crippen LogP contribution is -2.59. The first-order chi connectivity index (χ1) is 12.6. The minimum absolute atomic E-state index is 0.0830. The zero-order valence-electron chi connectivity index (χ0n) is 16.6. The van der Waals surface area contributed by atoms with Crippen molar-refractivity contribution in [2.75, 3.05) is 7.11 Å². The Morgan fingerprint density at radius 3 is 1.85 bits per heavy atom. The number of benzene rings is 2. The fourth-order valence-electron chi connectivity index (χ4n) is 4.15. The summed E-state index contributed by atoms with van der Waals surface area (Å²) in [5.41, 5.74) is 0.836. The van der Waals surface area contributed by atoms with Gasteiger partial charge in [0.1, 0.15) is 6.10 Å². The number of ether oxygens (including phenoxy) is 2. The standard InChI is InChI=1S/C22H27NO4/c1-21(2)12-18(13-22(3,4)23-21)27-20(25)17-9-7-14-10-16(19(24)26-5)8-6-15(14)11-17/h6-11,18,23H,12-13H2,1-5H3. The van der Waals surface area contributed by atoms with E-state index in [9.17, 15) is 9.59 Å². The van der Waals surface area contributed by atoms with Crippen LogP contribution in [0.1, 0.15) is 61.3 Å². The van der Waals surface area contributed by atoms with Gasteiger partial charge in [0.2, 0.25) is 0 Å². The first-order valence-electron chi connectivity index (χ1n) is 9.21. The third-order valence-corrected chi connectivity index (χ3v) is 4.92. The second-order valence-corrected chi connectivity index (χ2v) is 8.60. The van der Waals surface area contributed by atoms with Crippen LogP contribution in [0.25, 0.3) is 10.8 Å². The van der Waals surface area contributed by atoms with Crippen LogP contribution in [-0.4, -0.2) is 36.2 Å². The van der Waals surface area contributed by atoms with Gasteiger partial charge in [-0.25, -0.2) is 9.59 Å². The van der Waals surface area contributed by atoms with Crippen LogP contribution in [0.5, 0.6) is 0 Å². The predicted molar refractivity (Wildman–Crippen MR) is 105 cm³/mol. The first kappa shape index (κ1) is 19.4. The van der Waals surface area contributed by atoms with Crippen LogP contribution in [-0.2, 0) is 9.47 Å². The van der Waals surface area contributed by atoms with Crippen molar-refractivity contribution < 1.29 is 19.1 Å². The third kappa shape index (κ3) is 4.48. The number of methoxy groups -OCH3 is 1. The minimum atomic E-state index is -0.378. The summed E-state index contributed by atoms with van der Waals surface area (Å²) >= 11 is 0. The molecule has 0 aromatic heterocycles. The average molecular weight is 369 g/mol. The molecule has 1 aliphatic rings. The molecule has 1 fully saturated rings. The number of hydrogen-bond acceptors (Lipinski definition) is 5.